The van der Waals surface area contributed by atoms with Crippen molar-refractivity contribution in [3.05, 3.63) is 75.6 Å². The highest BCUT2D eigenvalue weighted by atomic mass is 35.5. The Bertz CT molecular complexity index is 2290. The van der Waals surface area contributed by atoms with Crippen LogP contribution in [0.2, 0.25) is 5.02 Å². The topological polar surface area (TPSA) is 131 Å². The Morgan fingerprint density at radius 1 is 1.17 bits per heavy atom. The van der Waals surface area contributed by atoms with Crippen molar-refractivity contribution >= 4 is 72.5 Å². The van der Waals surface area contributed by atoms with Crippen molar-refractivity contribution in [3.8, 4) is 16.9 Å². The minimum Gasteiger partial charge on any atom is -0.375 e. The Morgan fingerprint density at radius 3 is 2.62 bits per heavy atom. The van der Waals surface area contributed by atoms with Gasteiger partial charge in [0.2, 0.25) is 5.91 Å². The molecular formula is C34H32ClFN8O3S. The SMILES string of the molecule is C=CC(=O)N1C[C@@H]2C(=O)N(C)c3c(c4cc(Cl)c(-c5ccc(F)c6nc(N)sc56)nc4n(-c4c(C)ccnc4C(C)C)c3=O)N2C[C@H]1C. The molecular weight excluding hydrogens is 655 g/mol. The first-order valence-electron chi connectivity index (χ1n) is 15.4. The molecule has 2 amide bonds. The number of nitrogen functional groups attached to an aromatic ring is 1. The Hall–Kier alpha value is -4.88. The third-order valence-electron chi connectivity index (χ3n) is 9.18. The highest BCUT2D eigenvalue weighted by Crippen LogP contribution is 2.45. The van der Waals surface area contributed by atoms with Crippen LogP contribution in [-0.2, 0) is 9.59 Å². The largest absolute Gasteiger partial charge is 0.375 e. The molecule has 48 heavy (non-hydrogen) atoms. The van der Waals surface area contributed by atoms with Crippen LogP contribution in [0.15, 0.2) is 47.9 Å². The molecule has 1 saturated heterocycles. The molecule has 2 aliphatic rings. The average molecular weight is 687 g/mol. The number of rotatable bonds is 4. The summed E-state index contributed by atoms with van der Waals surface area (Å²) in [5.41, 5.74) is 9.40. The Balaban J connectivity index is 1.61. The average Bonchev–Trinajstić information content (AvgIpc) is 3.45. The van der Waals surface area contributed by atoms with E-state index < -0.39 is 17.4 Å². The van der Waals surface area contributed by atoms with Gasteiger partial charge in [0, 0.05) is 36.8 Å². The molecule has 2 aliphatic heterocycles. The van der Waals surface area contributed by atoms with Crippen LogP contribution in [0.4, 0.5) is 20.9 Å². The number of pyridine rings is 3. The van der Waals surface area contributed by atoms with E-state index in [1.807, 2.05) is 38.7 Å². The summed E-state index contributed by atoms with van der Waals surface area (Å²) in [7, 11) is 1.57. The summed E-state index contributed by atoms with van der Waals surface area (Å²) in [6.07, 6.45) is 2.94. The monoisotopic (exact) mass is 686 g/mol. The Kier molecular flexibility index (Phi) is 7.51. The lowest BCUT2D eigenvalue weighted by molar-refractivity contribution is -0.130. The van der Waals surface area contributed by atoms with Gasteiger partial charge in [0.25, 0.3) is 11.5 Å². The molecule has 0 radical (unpaired) electrons. The van der Waals surface area contributed by atoms with Crippen LogP contribution >= 0.6 is 22.9 Å². The van der Waals surface area contributed by atoms with Crippen LogP contribution in [0.3, 0.4) is 0 Å². The highest BCUT2D eigenvalue weighted by molar-refractivity contribution is 7.22. The molecule has 0 aliphatic carbocycles. The molecule has 11 nitrogen and oxygen atoms in total. The van der Waals surface area contributed by atoms with E-state index in [1.54, 1.807) is 30.3 Å². The van der Waals surface area contributed by atoms with E-state index in [1.165, 1.54) is 21.6 Å². The second-order valence-corrected chi connectivity index (χ2v) is 13.9. The fourth-order valence-corrected chi connectivity index (χ4v) is 8.01. The van der Waals surface area contributed by atoms with Gasteiger partial charge in [0.15, 0.2) is 5.13 Å². The van der Waals surface area contributed by atoms with Crippen LogP contribution in [0.1, 0.15) is 37.9 Å². The van der Waals surface area contributed by atoms with Crippen molar-refractivity contribution in [2.24, 2.45) is 0 Å². The fraction of sp³-hybridized carbons (Fsp3) is 0.294. The molecule has 6 heterocycles. The van der Waals surface area contributed by atoms with E-state index in [0.717, 1.165) is 16.9 Å². The zero-order valence-corrected chi connectivity index (χ0v) is 28.5. The molecule has 0 bridgehead atoms. The molecule has 5 aromatic rings. The number of thiazole rings is 1. The summed E-state index contributed by atoms with van der Waals surface area (Å²) in [6, 6.07) is 5.36. The molecule has 1 fully saturated rings. The number of anilines is 3. The second-order valence-electron chi connectivity index (χ2n) is 12.5. The van der Waals surface area contributed by atoms with E-state index in [9.17, 15) is 18.8 Å². The number of aromatic nitrogens is 4. The van der Waals surface area contributed by atoms with E-state index >= 15 is 0 Å². The lowest BCUT2D eigenvalue weighted by Crippen LogP contribution is -2.66. The quantitative estimate of drug-likeness (QED) is 0.248. The van der Waals surface area contributed by atoms with Gasteiger partial charge in [-0.25, -0.2) is 14.4 Å². The number of aryl methyl sites for hydroxylation is 1. The fourth-order valence-electron chi connectivity index (χ4n) is 6.90. The zero-order valence-electron chi connectivity index (χ0n) is 26.9. The molecule has 0 spiro atoms. The van der Waals surface area contributed by atoms with E-state index in [0.29, 0.717) is 38.4 Å². The number of piperazine rings is 1. The molecule has 246 valence electrons. The van der Waals surface area contributed by atoms with Crippen LogP contribution in [0, 0.1) is 12.7 Å². The van der Waals surface area contributed by atoms with Crippen molar-refractivity contribution < 1.29 is 14.0 Å². The zero-order chi connectivity index (χ0) is 34.3. The second kappa shape index (κ2) is 11.4. The highest BCUT2D eigenvalue weighted by Gasteiger charge is 2.46. The van der Waals surface area contributed by atoms with Crippen LogP contribution in [0.5, 0.6) is 0 Å². The molecule has 14 heteroatoms. The first-order chi connectivity index (χ1) is 22.8. The van der Waals surface area contributed by atoms with Crippen molar-refractivity contribution in [3.63, 3.8) is 0 Å². The van der Waals surface area contributed by atoms with Crippen LogP contribution < -0.4 is 21.1 Å². The van der Waals surface area contributed by atoms with Crippen molar-refractivity contribution in [1.29, 1.82) is 0 Å². The third kappa shape index (κ3) is 4.59. The number of hydrogen-bond acceptors (Lipinski definition) is 9. The smallest absolute Gasteiger partial charge is 0.283 e. The maximum Gasteiger partial charge on any atom is 0.283 e. The van der Waals surface area contributed by atoms with Crippen molar-refractivity contribution in [1.82, 2.24) is 24.4 Å². The number of amides is 2. The van der Waals surface area contributed by atoms with Crippen LogP contribution in [-0.4, -0.2) is 68.5 Å². The number of nitrogens with two attached hydrogens (primary N) is 1. The molecule has 0 unspecified atom stereocenters. The van der Waals surface area contributed by atoms with Gasteiger partial charge in [0.05, 0.1) is 39.0 Å². The van der Waals surface area contributed by atoms with Crippen LogP contribution in [0.25, 0.3) is 38.2 Å². The standard InChI is InChI=1S/C34H32ClFN8O3S/c1-7-23(45)42-14-22-32(46)41(6)29-28(43(22)13-17(42)5)19-12-20(35)25(18-8-9-21(36)26-30(18)48-34(37)40-26)39-31(19)44(33(29)47)27-16(4)10-11-38-24(27)15(2)3/h7-12,15,17,22H,1,13-14H2,2-6H3,(H2,37,40)/t17-,22-/m1/s1. The normalized spacial score (nSPS) is 17.8. The number of hydrogen-bond donors (Lipinski definition) is 1. The number of halogens is 2. The molecule has 4 aromatic heterocycles. The van der Waals surface area contributed by atoms with Crippen molar-refractivity contribution in [2.75, 3.05) is 35.7 Å². The lowest BCUT2D eigenvalue weighted by Gasteiger charge is -2.49. The summed E-state index contributed by atoms with van der Waals surface area (Å²) in [5.74, 6) is -1.19. The summed E-state index contributed by atoms with van der Waals surface area (Å²) < 4.78 is 16.8. The van der Waals surface area contributed by atoms with Gasteiger partial charge in [-0.15, -0.1) is 0 Å². The molecule has 2 atom stereocenters. The Labute approximate surface area is 284 Å². The van der Waals surface area contributed by atoms with Crippen molar-refractivity contribution in [2.45, 2.75) is 45.7 Å². The first-order valence-corrected chi connectivity index (χ1v) is 16.6. The number of nitrogens with zero attached hydrogens (tertiary/aromatic N) is 7. The number of benzene rings is 1. The van der Waals surface area contributed by atoms with E-state index in [-0.39, 0.29) is 63.9 Å². The van der Waals surface area contributed by atoms with Gasteiger partial charge in [-0.2, -0.15) is 0 Å². The third-order valence-corrected chi connectivity index (χ3v) is 10.4. The molecule has 1 aromatic carbocycles. The van der Waals surface area contributed by atoms with Gasteiger partial charge in [-0.3, -0.25) is 23.9 Å². The van der Waals surface area contributed by atoms with E-state index in [4.69, 9.17) is 22.3 Å². The summed E-state index contributed by atoms with van der Waals surface area (Å²) in [5, 5.41) is 0.957. The Morgan fingerprint density at radius 2 is 1.92 bits per heavy atom. The number of carbonyl (C=O) groups is 2. The minimum atomic E-state index is -0.761. The van der Waals surface area contributed by atoms with E-state index in [2.05, 4.69) is 16.5 Å². The van der Waals surface area contributed by atoms with Gasteiger partial charge < -0.3 is 20.4 Å². The number of carbonyl (C=O) groups excluding carboxylic acids is 2. The summed E-state index contributed by atoms with van der Waals surface area (Å²) >= 11 is 8.18. The summed E-state index contributed by atoms with van der Waals surface area (Å²) in [4.78, 5) is 60.5. The predicted octanol–water partition coefficient (Wildman–Crippen LogP) is 5.43. The number of likely N-dealkylation sites (N-methyl/N-ethyl adjacent to an activating group) is 1. The van der Waals surface area contributed by atoms with Gasteiger partial charge in [-0.1, -0.05) is 43.4 Å². The van der Waals surface area contributed by atoms with Gasteiger partial charge >= 0.3 is 0 Å². The molecule has 7 rings (SSSR count). The maximum absolute atomic E-state index is 15.0. The first kappa shape index (κ1) is 31.7. The minimum absolute atomic E-state index is 0.0680. The summed E-state index contributed by atoms with van der Waals surface area (Å²) in [6.45, 7) is 11.8. The molecule has 2 N–H and O–H groups in total. The maximum atomic E-state index is 15.0. The van der Waals surface area contributed by atoms with Gasteiger partial charge in [-0.05, 0) is 55.7 Å². The lowest BCUT2D eigenvalue weighted by atomic mass is 9.98. The predicted molar refractivity (Wildman–Crippen MR) is 188 cm³/mol. The molecule has 0 saturated carbocycles. The van der Waals surface area contributed by atoms with Gasteiger partial charge in [0.1, 0.15) is 28.7 Å². The number of fused-ring (bicyclic) bond motifs is 6.